The molecule has 1 N–H and O–H groups in total. The van der Waals surface area contributed by atoms with Crippen LogP contribution in [0.5, 0.6) is 0 Å². The van der Waals surface area contributed by atoms with Crippen LogP contribution in [0, 0.1) is 0 Å². The molecule has 0 saturated heterocycles. The van der Waals surface area contributed by atoms with Gasteiger partial charge in [0.25, 0.3) is 0 Å². The summed E-state index contributed by atoms with van der Waals surface area (Å²) in [7, 11) is 3.99. The lowest BCUT2D eigenvalue weighted by Crippen LogP contribution is -2.07. The lowest BCUT2D eigenvalue weighted by atomic mass is 10.1. The zero-order valence-corrected chi connectivity index (χ0v) is 13.5. The number of anilines is 1. The summed E-state index contributed by atoms with van der Waals surface area (Å²) in [5, 5.41) is 9.11. The van der Waals surface area contributed by atoms with E-state index >= 15 is 0 Å². The van der Waals surface area contributed by atoms with Crippen molar-refractivity contribution in [3.8, 4) is 22.6 Å². The molecule has 0 aliphatic carbocycles. The highest BCUT2D eigenvalue weighted by molar-refractivity contribution is 5.89. The van der Waals surface area contributed by atoms with E-state index in [1.165, 1.54) is 0 Å². The molecule has 0 aliphatic heterocycles. The number of hydrogen-bond acceptors (Lipinski definition) is 4. The molecule has 5 nitrogen and oxygen atoms in total. The normalized spacial score (nSPS) is 10.4. The number of carboxylic acid groups (broad SMARTS) is 1. The van der Waals surface area contributed by atoms with Crippen molar-refractivity contribution in [3.05, 3.63) is 66.4 Å². The molecule has 0 unspecified atom stereocenters. The zero-order chi connectivity index (χ0) is 17.1. The Morgan fingerprint density at radius 1 is 1.00 bits per heavy atom. The van der Waals surface area contributed by atoms with Crippen molar-refractivity contribution in [2.24, 2.45) is 0 Å². The van der Waals surface area contributed by atoms with Crippen LogP contribution in [-0.2, 0) is 0 Å². The van der Waals surface area contributed by atoms with Gasteiger partial charge in [-0.1, -0.05) is 24.3 Å². The number of aromatic nitrogens is 2. The minimum Gasteiger partial charge on any atom is -0.478 e. The summed E-state index contributed by atoms with van der Waals surface area (Å²) >= 11 is 0. The van der Waals surface area contributed by atoms with E-state index in [9.17, 15) is 4.79 Å². The van der Waals surface area contributed by atoms with E-state index in [1.54, 1.807) is 30.5 Å². The van der Waals surface area contributed by atoms with E-state index in [0.717, 1.165) is 16.9 Å². The van der Waals surface area contributed by atoms with Crippen LogP contribution in [0.4, 0.5) is 5.69 Å². The summed E-state index contributed by atoms with van der Waals surface area (Å²) < 4.78 is 0. The van der Waals surface area contributed by atoms with Crippen LogP contribution in [-0.4, -0.2) is 35.1 Å². The van der Waals surface area contributed by atoms with Gasteiger partial charge in [-0.2, -0.15) is 0 Å². The number of rotatable bonds is 4. The van der Waals surface area contributed by atoms with Gasteiger partial charge < -0.3 is 10.0 Å². The lowest BCUT2D eigenvalue weighted by molar-refractivity contribution is 0.0697. The maximum absolute atomic E-state index is 11.1. The van der Waals surface area contributed by atoms with Crippen molar-refractivity contribution in [1.29, 1.82) is 0 Å². The van der Waals surface area contributed by atoms with E-state index in [1.807, 2.05) is 49.3 Å². The lowest BCUT2D eigenvalue weighted by Gasteiger charge is -2.12. The van der Waals surface area contributed by atoms with Gasteiger partial charge in [-0.25, -0.2) is 14.8 Å². The number of benzene rings is 2. The summed E-state index contributed by atoms with van der Waals surface area (Å²) in [5.74, 6) is -0.459. The average molecular weight is 319 g/mol. The standard InChI is InChI=1S/C19H17N3O2/c1-22(2)16-8-6-13(7-9-16)17-10-11-20-18(21-17)14-4-3-5-15(12-14)19(23)24/h3-12H,1-2H3,(H,23,24). The summed E-state index contributed by atoms with van der Waals surface area (Å²) in [4.78, 5) is 22.0. The fourth-order valence-corrected chi connectivity index (χ4v) is 2.38. The SMILES string of the molecule is CN(C)c1ccc(-c2ccnc(-c3cccc(C(=O)O)c3)n2)cc1. The first-order chi connectivity index (χ1) is 11.5. The third-order valence-corrected chi connectivity index (χ3v) is 3.70. The third-order valence-electron chi connectivity index (χ3n) is 3.70. The second-order valence-electron chi connectivity index (χ2n) is 5.59. The summed E-state index contributed by atoms with van der Waals surface area (Å²) in [6.07, 6.45) is 1.69. The van der Waals surface area contributed by atoms with E-state index < -0.39 is 5.97 Å². The number of aromatic carboxylic acids is 1. The van der Waals surface area contributed by atoms with Crippen molar-refractivity contribution >= 4 is 11.7 Å². The van der Waals surface area contributed by atoms with Gasteiger partial charge in [0.05, 0.1) is 11.3 Å². The smallest absolute Gasteiger partial charge is 0.335 e. The van der Waals surface area contributed by atoms with Gasteiger partial charge >= 0.3 is 5.97 Å². The van der Waals surface area contributed by atoms with E-state index in [0.29, 0.717) is 11.4 Å². The predicted molar refractivity (Wildman–Crippen MR) is 94.2 cm³/mol. The monoisotopic (exact) mass is 319 g/mol. The molecule has 0 amide bonds. The van der Waals surface area contributed by atoms with Crippen molar-refractivity contribution in [3.63, 3.8) is 0 Å². The van der Waals surface area contributed by atoms with Crippen LogP contribution in [0.15, 0.2) is 60.8 Å². The molecule has 3 rings (SSSR count). The van der Waals surface area contributed by atoms with E-state index in [2.05, 4.69) is 9.97 Å². The van der Waals surface area contributed by atoms with Gasteiger partial charge in [0, 0.05) is 37.1 Å². The Bertz CT molecular complexity index is 874. The van der Waals surface area contributed by atoms with Crippen LogP contribution in [0.3, 0.4) is 0 Å². The molecule has 2 aromatic carbocycles. The van der Waals surface area contributed by atoms with Gasteiger partial charge in [-0.05, 0) is 30.3 Å². The molecule has 0 fully saturated rings. The van der Waals surface area contributed by atoms with Crippen molar-refractivity contribution < 1.29 is 9.90 Å². The predicted octanol–water partition coefficient (Wildman–Crippen LogP) is 3.57. The number of carbonyl (C=O) groups is 1. The van der Waals surface area contributed by atoms with Gasteiger partial charge in [0.1, 0.15) is 0 Å². The molecule has 0 atom stereocenters. The summed E-state index contributed by atoms with van der Waals surface area (Å²) in [6.45, 7) is 0. The molecular weight excluding hydrogens is 302 g/mol. The quantitative estimate of drug-likeness (QED) is 0.796. The Kier molecular flexibility index (Phi) is 4.24. The fraction of sp³-hybridized carbons (Fsp3) is 0.105. The van der Waals surface area contributed by atoms with Gasteiger partial charge in [-0.3, -0.25) is 0 Å². The zero-order valence-electron chi connectivity index (χ0n) is 13.5. The highest BCUT2D eigenvalue weighted by Crippen LogP contribution is 2.23. The van der Waals surface area contributed by atoms with Crippen LogP contribution in [0.1, 0.15) is 10.4 Å². The number of carboxylic acids is 1. The first-order valence-corrected chi connectivity index (χ1v) is 7.49. The largest absolute Gasteiger partial charge is 0.478 e. The van der Waals surface area contributed by atoms with Crippen LogP contribution < -0.4 is 4.90 Å². The van der Waals surface area contributed by atoms with Crippen LogP contribution >= 0.6 is 0 Å². The molecule has 3 aromatic rings. The first-order valence-electron chi connectivity index (χ1n) is 7.49. The Labute approximate surface area is 140 Å². The maximum Gasteiger partial charge on any atom is 0.335 e. The molecule has 120 valence electrons. The third kappa shape index (κ3) is 3.25. The number of nitrogens with zero attached hydrogens (tertiary/aromatic N) is 3. The Hall–Kier alpha value is -3.21. The summed E-state index contributed by atoms with van der Waals surface area (Å²) in [6, 6.07) is 16.6. The molecule has 0 saturated carbocycles. The average Bonchev–Trinajstić information content (AvgIpc) is 2.62. The highest BCUT2D eigenvalue weighted by Gasteiger charge is 2.08. The molecule has 5 heteroatoms. The first kappa shape index (κ1) is 15.7. The highest BCUT2D eigenvalue weighted by atomic mass is 16.4. The second kappa shape index (κ2) is 6.50. The summed E-state index contributed by atoms with van der Waals surface area (Å²) in [5.41, 5.74) is 3.80. The number of hydrogen-bond donors (Lipinski definition) is 1. The molecule has 1 heterocycles. The Morgan fingerprint density at radius 3 is 2.42 bits per heavy atom. The van der Waals surface area contributed by atoms with Crippen LogP contribution in [0.2, 0.25) is 0 Å². The van der Waals surface area contributed by atoms with E-state index in [4.69, 9.17) is 5.11 Å². The molecule has 0 radical (unpaired) electrons. The maximum atomic E-state index is 11.1. The van der Waals surface area contributed by atoms with Gasteiger partial charge in [0.2, 0.25) is 0 Å². The molecule has 0 bridgehead atoms. The second-order valence-corrected chi connectivity index (χ2v) is 5.59. The van der Waals surface area contributed by atoms with Crippen LogP contribution in [0.25, 0.3) is 22.6 Å². The van der Waals surface area contributed by atoms with Gasteiger partial charge in [0.15, 0.2) is 5.82 Å². The molecule has 0 spiro atoms. The van der Waals surface area contributed by atoms with Gasteiger partial charge in [-0.15, -0.1) is 0 Å². The van der Waals surface area contributed by atoms with Crippen molar-refractivity contribution in [2.75, 3.05) is 19.0 Å². The minimum absolute atomic E-state index is 0.219. The fourth-order valence-electron chi connectivity index (χ4n) is 2.38. The Balaban J connectivity index is 1.97. The van der Waals surface area contributed by atoms with Crippen molar-refractivity contribution in [1.82, 2.24) is 9.97 Å². The van der Waals surface area contributed by atoms with E-state index in [-0.39, 0.29) is 5.56 Å². The Morgan fingerprint density at radius 2 is 1.75 bits per heavy atom. The molecule has 0 aliphatic rings. The minimum atomic E-state index is -0.965. The molecular formula is C19H17N3O2. The van der Waals surface area contributed by atoms with Crippen molar-refractivity contribution in [2.45, 2.75) is 0 Å². The molecule has 1 aromatic heterocycles. The molecule has 24 heavy (non-hydrogen) atoms. The topological polar surface area (TPSA) is 66.3 Å².